The minimum absolute atomic E-state index is 0.0732. The van der Waals surface area contributed by atoms with E-state index in [1.54, 1.807) is 12.1 Å². The van der Waals surface area contributed by atoms with Gasteiger partial charge in [-0.3, -0.25) is 4.57 Å². The number of aliphatic hydroxyl groups is 1. The molecule has 14 heteroatoms. The molecule has 0 amide bonds. The Morgan fingerprint density at radius 1 is 1.12 bits per heavy atom. The molecular weight excluding hydrogens is 465 g/mol. The van der Waals surface area contributed by atoms with E-state index in [9.17, 15) is 23.1 Å². The van der Waals surface area contributed by atoms with Gasteiger partial charge in [0.1, 0.15) is 24.4 Å². The lowest BCUT2D eigenvalue weighted by Gasteiger charge is -2.15. The number of halogens is 4. The van der Waals surface area contributed by atoms with Gasteiger partial charge in [-0.1, -0.05) is 11.6 Å². The topological polar surface area (TPSA) is 130 Å². The van der Waals surface area contributed by atoms with Crippen LogP contribution in [0, 0.1) is 0 Å². The van der Waals surface area contributed by atoms with E-state index in [0.29, 0.717) is 16.3 Å². The lowest BCUT2D eigenvalue weighted by atomic mass is 10.2. The van der Waals surface area contributed by atoms with Gasteiger partial charge in [0.15, 0.2) is 17.8 Å². The summed E-state index contributed by atoms with van der Waals surface area (Å²) in [6.07, 6.45) is -4.80. The third-order valence-corrected chi connectivity index (χ3v) is 4.90. The molecule has 1 atom stereocenters. The maximum atomic E-state index is 13.0. The molecule has 10 nitrogen and oxygen atoms in total. The van der Waals surface area contributed by atoms with Crippen LogP contribution < -0.4 is 11.4 Å². The third-order valence-electron chi connectivity index (χ3n) is 4.65. The number of nitrogens with two attached hydrogens (primary N) is 1. The molecule has 33 heavy (non-hydrogen) atoms. The van der Waals surface area contributed by atoms with Crippen molar-refractivity contribution in [3.63, 3.8) is 0 Å². The second-order valence-corrected chi connectivity index (χ2v) is 7.39. The lowest BCUT2D eigenvalue weighted by Crippen LogP contribution is -2.37. The molecule has 0 saturated heterocycles. The first kappa shape index (κ1) is 22.5. The number of hydrogen-bond acceptors (Lipinski definition) is 7. The number of aromatic nitrogens is 7. The van der Waals surface area contributed by atoms with Gasteiger partial charge in [-0.25, -0.2) is 24.1 Å². The molecule has 0 aliphatic heterocycles. The van der Waals surface area contributed by atoms with Gasteiger partial charge in [0.2, 0.25) is 0 Å². The van der Waals surface area contributed by atoms with Crippen LogP contribution in [0.4, 0.5) is 19.0 Å². The van der Waals surface area contributed by atoms with Crippen LogP contribution in [-0.4, -0.2) is 51.5 Å². The zero-order valence-electron chi connectivity index (χ0n) is 16.7. The molecule has 0 aliphatic rings. The summed E-state index contributed by atoms with van der Waals surface area (Å²) < 4.78 is 41.9. The van der Waals surface area contributed by atoms with Crippen molar-refractivity contribution in [1.82, 2.24) is 34.1 Å². The molecule has 0 aliphatic carbocycles. The second-order valence-electron chi connectivity index (χ2n) is 6.95. The van der Waals surface area contributed by atoms with Gasteiger partial charge in [-0.2, -0.15) is 13.2 Å². The average Bonchev–Trinajstić information content (AvgIpc) is 3.34. The third kappa shape index (κ3) is 4.73. The average molecular weight is 481 g/mol. The highest BCUT2D eigenvalue weighted by atomic mass is 35.5. The highest BCUT2D eigenvalue weighted by Gasteiger charge is 2.39. The Bertz CT molecular complexity index is 1330. The number of alkyl halides is 3. The van der Waals surface area contributed by atoms with Gasteiger partial charge < -0.3 is 10.8 Å². The number of hydrogen-bond donors (Lipinski definition) is 2. The number of nitrogens with zero attached hydrogens (tertiary/aromatic N) is 7. The molecule has 4 aromatic rings. The Morgan fingerprint density at radius 2 is 1.85 bits per heavy atom. The molecule has 0 radical (unpaired) electrons. The molecule has 1 unspecified atom stereocenters. The van der Waals surface area contributed by atoms with E-state index >= 15 is 0 Å². The molecule has 0 saturated carbocycles. The predicted octanol–water partition coefficient (Wildman–Crippen LogP) is 1.89. The molecule has 0 spiro atoms. The van der Waals surface area contributed by atoms with E-state index < -0.39 is 24.5 Å². The molecular formula is C19H16ClF3N8O2. The maximum Gasteiger partial charge on any atom is 0.416 e. The fourth-order valence-electron chi connectivity index (χ4n) is 3.02. The van der Waals surface area contributed by atoms with E-state index in [2.05, 4.69) is 20.2 Å². The Kier molecular flexibility index (Phi) is 5.91. The summed E-state index contributed by atoms with van der Waals surface area (Å²) in [7, 11) is 0. The van der Waals surface area contributed by atoms with Crippen LogP contribution in [0.2, 0.25) is 5.02 Å². The van der Waals surface area contributed by atoms with Gasteiger partial charge in [0.25, 0.3) is 0 Å². The monoisotopic (exact) mass is 480 g/mol. The van der Waals surface area contributed by atoms with Crippen LogP contribution in [0.25, 0.3) is 17.1 Å². The summed E-state index contributed by atoms with van der Waals surface area (Å²) in [5.41, 5.74) is 5.75. The molecule has 172 valence electrons. The predicted molar refractivity (Wildman–Crippen MR) is 112 cm³/mol. The Labute approximate surface area is 188 Å². The van der Waals surface area contributed by atoms with Crippen molar-refractivity contribution < 1.29 is 18.3 Å². The number of benzene rings is 1. The van der Waals surface area contributed by atoms with E-state index in [4.69, 9.17) is 17.3 Å². The quantitative estimate of drug-likeness (QED) is 0.431. The van der Waals surface area contributed by atoms with E-state index in [-0.39, 0.29) is 24.0 Å². The minimum atomic E-state index is -4.91. The summed E-state index contributed by atoms with van der Waals surface area (Å²) in [5, 5.41) is 18.3. The number of pyridine rings is 1. The maximum absolute atomic E-state index is 13.0. The number of anilines is 1. The fourth-order valence-corrected chi connectivity index (χ4v) is 3.15. The summed E-state index contributed by atoms with van der Waals surface area (Å²) in [5.74, 6) is 0.293. The van der Waals surface area contributed by atoms with Crippen molar-refractivity contribution in [3.05, 3.63) is 70.3 Å². The van der Waals surface area contributed by atoms with Crippen molar-refractivity contribution in [2.45, 2.75) is 25.4 Å². The van der Waals surface area contributed by atoms with E-state index in [1.165, 1.54) is 41.5 Å². The SMILES string of the molecule is Nc1ncccc1-n1cnc(Cn2nc(-c3ccc(Cl)cc3)n(CC(O)C(F)(F)F)c2=O)n1. The molecule has 3 heterocycles. The lowest BCUT2D eigenvalue weighted by molar-refractivity contribution is -0.207. The largest absolute Gasteiger partial charge is 0.416 e. The minimum Gasteiger partial charge on any atom is -0.382 e. The summed E-state index contributed by atoms with van der Waals surface area (Å²) in [4.78, 5) is 21.0. The fraction of sp³-hybridized carbons (Fsp3) is 0.211. The van der Waals surface area contributed by atoms with Crippen molar-refractivity contribution >= 4 is 17.4 Å². The zero-order chi connectivity index (χ0) is 23.8. The van der Waals surface area contributed by atoms with Crippen LogP contribution in [0.5, 0.6) is 0 Å². The molecule has 0 bridgehead atoms. The van der Waals surface area contributed by atoms with E-state index in [0.717, 1.165) is 9.25 Å². The first-order valence-corrected chi connectivity index (χ1v) is 9.81. The van der Waals surface area contributed by atoms with Crippen LogP contribution in [0.15, 0.2) is 53.7 Å². The number of rotatable bonds is 6. The summed E-state index contributed by atoms with van der Waals surface area (Å²) in [6.45, 7) is -1.27. The molecule has 0 fully saturated rings. The van der Waals surface area contributed by atoms with Crippen molar-refractivity contribution in [1.29, 1.82) is 0 Å². The van der Waals surface area contributed by atoms with Gasteiger partial charge in [-0.15, -0.1) is 10.2 Å². The van der Waals surface area contributed by atoms with Crippen LogP contribution >= 0.6 is 11.6 Å². The zero-order valence-corrected chi connectivity index (χ0v) is 17.4. The first-order valence-electron chi connectivity index (χ1n) is 9.43. The first-order chi connectivity index (χ1) is 15.6. The number of aliphatic hydroxyl groups excluding tert-OH is 1. The van der Waals surface area contributed by atoms with Gasteiger partial charge in [0, 0.05) is 16.8 Å². The van der Waals surface area contributed by atoms with Gasteiger partial charge >= 0.3 is 11.9 Å². The highest BCUT2D eigenvalue weighted by molar-refractivity contribution is 6.30. The molecule has 3 aromatic heterocycles. The Morgan fingerprint density at radius 3 is 2.52 bits per heavy atom. The summed E-state index contributed by atoms with van der Waals surface area (Å²) in [6, 6.07) is 9.34. The standard InChI is InChI=1S/C19H16ClF3N8O2/c20-12-5-3-11(4-6-12)17-28-30(18(33)29(17)8-14(32)19(21,22)23)9-15-26-10-31(27-15)13-2-1-7-25-16(13)24/h1-7,10,14,32H,8-9H2,(H2,24,25). The Hall–Kier alpha value is -3.71. The smallest absolute Gasteiger partial charge is 0.382 e. The van der Waals surface area contributed by atoms with Crippen molar-refractivity contribution in [2.75, 3.05) is 5.73 Å². The summed E-state index contributed by atoms with van der Waals surface area (Å²) >= 11 is 5.88. The van der Waals surface area contributed by atoms with Crippen LogP contribution in [-0.2, 0) is 13.1 Å². The van der Waals surface area contributed by atoms with Crippen LogP contribution in [0.3, 0.4) is 0 Å². The molecule has 3 N–H and O–H groups in total. The normalized spacial score (nSPS) is 12.8. The Balaban J connectivity index is 1.71. The highest BCUT2D eigenvalue weighted by Crippen LogP contribution is 2.24. The van der Waals surface area contributed by atoms with Crippen molar-refractivity contribution in [3.8, 4) is 17.1 Å². The van der Waals surface area contributed by atoms with E-state index in [1.807, 2.05) is 0 Å². The second kappa shape index (κ2) is 8.67. The molecule has 1 aromatic carbocycles. The van der Waals surface area contributed by atoms with Gasteiger partial charge in [-0.05, 0) is 36.4 Å². The van der Waals surface area contributed by atoms with Gasteiger partial charge in [0.05, 0.1) is 6.54 Å². The van der Waals surface area contributed by atoms with Crippen LogP contribution in [0.1, 0.15) is 5.82 Å². The molecule has 4 rings (SSSR count). The van der Waals surface area contributed by atoms with Crippen molar-refractivity contribution in [2.24, 2.45) is 0 Å². The number of nitrogen functional groups attached to an aromatic ring is 1.